The highest BCUT2D eigenvalue weighted by Crippen LogP contribution is 2.29. The van der Waals surface area contributed by atoms with E-state index >= 15 is 0 Å². The SMILES string of the molecule is COc1ccc(CN2CCN(C(=S)Nc3ccccc3)C[C@@H]2CCO)cc1OC. The lowest BCUT2D eigenvalue weighted by Crippen LogP contribution is -2.55. The number of benzene rings is 2. The predicted molar refractivity (Wildman–Crippen MR) is 120 cm³/mol. The van der Waals surface area contributed by atoms with Crippen molar-refractivity contribution in [2.24, 2.45) is 0 Å². The van der Waals surface area contributed by atoms with Gasteiger partial charge in [0.05, 0.1) is 14.2 Å². The molecular formula is C22H29N3O3S. The first-order chi connectivity index (χ1) is 14.1. The second kappa shape index (κ2) is 10.4. The van der Waals surface area contributed by atoms with Crippen LogP contribution in [0.4, 0.5) is 5.69 Å². The maximum Gasteiger partial charge on any atom is 0.173 e. The standard InChI is InChI=1S/C22H29N3O3S/c1-27-20-9-8-17(14-21(20)28-2)15-24-11-12-25(16-19(24)10-13-26)22(29)23-18-6-4-3-5-7-18/h3-9,14,19,26H,10-13,15-16H2,1-2H3,(H,23,29)/t19-/m0/s1. The molecule has 0 aliphatic carbocycles. The number of para-hydroxylation sites is 1. The summed E-state index contributed by atoms with van der Waals surface area (Å²) in [5, 5.41) is 13.6. The molecule has 0 bridgehead atoms. The summed E-state index contributed by atoms with van der Waals surface area (Å²) < 4.78 is 10.8. The van der Waals surface area contributed by atoms with E-state index in [0.29, 0.717) is 6.42 Å². The maximum absolute atomic E-state index is 9.58. The number of nitrogens with one attached hydrogen (secondary N) is 1. The van der Waals surface area contributed by atoms with Crippen molar-refractivity contribution in [2.75, 3.05) is 45.8 Å². The highest BCUT2D eigenvalue weighted by atomic mass is 32.1. The van der Waals surface area contributed by atoms with Crippen LogP contribution in [-0.4, -0.2) is 66.5 Å². The van der Waals surface area contributed by atoms with Crippen molar-refractivity contribution >= 4 is 23.0 Å². The van der Waals surface area contributed by atoms with Crippen molar-refractivity contribution in [3.05, 3.63) is 54.1 Å². The summed E-state index contributed by atoms with van der Waals surface area (Å²) in [6.45, 7) is 3.44. The molecule has 156 valence electrons. The number of piperazine rings is 1. The molecule has 0 radical (unpaired) electrons. The molecule has 2 aromatic carbocycles. The fraction of sp³-hybridized carbons (Fsp3) is 0.409. The molecule has 2 aromatic rings. The minimum absolute atomic E-state index is 0.153. The van der Waals surface area contributed by atoms with Crippen LogP contribution in [0.15, 0.2) is 48.5 Å². The first kappa shape index (κ1) is 21.4. The number of aliphatic hydroxyl groups is 1. The van der Waals surface area contributed by atoms with E-state index in [1.54, 1.807) is 14.2 Å². The highest BCUT2D eigenvalue weighted by molar-refractivity contribution is 7.80. The molecule has 1 atom stereocenters. The zero-order valence-corrected chi connectivity index (χ0v) is 17.8. The molecule has 1 saturated heterocycles. The van der Waals surface area contributed by atoms with Gasteiger partial charge in [0.1, 0.15) is 0 Å². The number of hydrogen-bond acceptors (Lipinski definition) is 5. The predicted octanol–water partition coefficient (Wildman–Crippen LogP) is 2.97. The van der Waals surface area contributed by atoms with Gasteiger partial charge in [-0.1, -0.05) is 24.3 Å². The molecule has 0 saturated carbocycles. The minimum atomic E-state index is 0.153. The molecule has 0 aromatic heterocycles. The molecule has 0 amide bonds. The third-order valence-electron chi connectivity index (χ3n) is 5.21. The summed E-state index contributed by atoms with van der Waals surface area (Å²) in [6.07, 6.45) is 0.706. The average Bonchev–Trinajstić information content (AvgIpc) is 2.75. The summed E-state index contributed by atoms with van der Waals surface area (Å²) in [6, 6.07) is 16.2. The molecule has 0 spiro atoms. The highest BCUT2D eigenvalue weighted by Gasteiger charge is 2.28. The van der Waals surface area contributed by atoms with E-state index in [0.717, 1.165) is 54.0 Å². The minimum Gasteiger partial charge on any atom is -0.493 e. The van der Waals surface area contributed by atoms with Crippen molar-refractivity contribution in [2.45, 2.75) is 19.0 Å². The lowest BCUT2D eigenvalue weighted by molar-refractivity contribution is 0.0854. The van der Waals surface area contributed by atoms with Crippen LogP contribution in [0.5, 0.6) is 11.5 Å². The van der Waals surface area contributed by atoms with Gasteiger partial charge in [-0.2, -0.15) is 0 Å². The van der Waals surface area contributed by atoms with Crippen molar-refractivity contribution in [1.29, 1.82) is 0 Å². The van der Waals surface area contributed by atoms with Crippen LogP contribution in [0.2, 0.25) is 0 Å². The average molecular weight is 416 g/mol. The smallest absolute Gasteiger partial charge is 0.173 e. The lowest BCUT2D eigenvalue weighted by atomic mass is 10.1. The lowest BCUT2D eigenvalue weighted by Gasteiger charge is -2.42. The number of nitrogens with zero attached hydrogens (tertiary/aromatic N) is 2. The van der Waals surface area contributed by atoms with Gasteiger partial charge < -0.3 is 24.8 Å². The van der Waals surface area contributed by atoms with Gasteiger partial charge in [-0.05, 0) is 48.5 Å². The van der Waals surface area contributed by atoms with Crippen LogP contribution in [0.1, 0.15) is 12.0 Å². The molecule has 1 aliphatic heterocycles. The van der Waals surface area contributed by atoms with Crippen LogP contribution in [0.25, 0.3) is 0 Å². The summed E-state index contributed by atoms with van der Waals surface area (Å²) >= 11 is 5.63. The zero-order valence-electron chi connectivity index (χ0n) is 17.0. The third-order valence-corrected chi connectivity index (χ3v) is 5.57. The van der Waals surface area contributed by atoms with Crippen LogP contribution in [0.3, 0.4) is 0 Å². The van der Waals surface area contributed by atoms with Crippen LogP contribution < -0.4 is 14.8 Å². The van der Waals surface area contributed by atoms with Gasteiger partial charge in [-0.3, -0.25) is 4.90 Å². The molecular weight excluding hydrogens is 386 g/mol. The second-order valence-corrected chi connectivity index (χ2v) is 7.45. The van der Waals surface area contributed by atoms with Crippen molar-refractivity contribution < 1.29 is 14.6 Å². The normalized spacial score (nSPS) is 17.1. The molecule has 6 nitrogen and oxygen atoms in total. The van der Waals surface area contributed by atoms with Crippen LogP contribution >= 0.6 is 12.2 Å². The molecule has 3 rings (SSSR count). The van der Waals surface area contributed by atoms with Crippen molar-refractivity contribution in [3.63, 3.8) is 0 Å². The third kappa shape index (κ3) is 5.59. The van der Waals surface area contributed by atoms with Gasteiger partial charge in [-0.25, -0.2) is 0 Å². The van der Waals surface area contributed by atoms with Gasteiger partial charge >= 0.3 is 0 Å². The number of rotatable bonds is 7. The molecule has 1 fully saturated rings. The van der Waals surface area contributed by atoms with Crippen molar-refractivity contribution in [3.8, 4) is 11.5 Å². The van der Waals surface area contributed by atoms with E-state index in [4.69, 9.17) is 21.7 Å². The molecule has 29 heavy (non-hydrogen) atoms. The number of aliphatic hydroxyl groups excluding tert-OH is 1. The van der Waals surface area contributed by atoms with Crippen molar-refractivity contribution in [1.82, 2.24) is 9.80 Å². The number of methoxy groups -OCH3 is 2. The van der Waals surface area contributed by atoms with Gasteiger partial charge in [-0.15, -0.1) is 0 Å². The maximum atomic E-state index is 9.58. The Morgan fingerprint density at radius 2 is 1.86 bits per heavy atom. The summed E-state index contributed by atoms with van der Waals surface area (Å²) in [5.74, 6) is 1.46. The Morgan fingerprint density at radius 1 is 1.10 bits per heavy atom. The Kier molecular flexibility index (Phi) is 7.69. The summed E-state index contributed by atoms with van der Waals surface area (Å²) in [4.78, 5) is 4.59. The zero-order chi connectivity index (χ0) is 20.6. The number of hydrogen-bond donors (Lipinski definition) is 2. The quantitative estimate of drug-likeness (QED) is 0.674. The van der Waals surface area contributed by atoms with Crippen LogP contribution in [0, 0.1) is 0 Å². The Bertz CT molecular complexity index is 803. The molecule has 7 heteroatoms. The van der Waals surface area contributed by atoms with E-state index < -0.39 is 0 Å². The van der Waals surface area contributed by atoms with E-state index in [-0.39, 0.29) is 12.6 Å². The van der Waals surface area contributed by atoms with Crippen LogP contribution in [-0.2, 0) is 6.54 Å². The molecule has 1 heterocycles. The topological polar surface area (TPSA) is 57.2 Å². The van der Waals surface area contributed by atoms with E-state index in [2.05, 4.69) is 21.2 Å². The number of ether oxygens (including phenoxy) is 2. The summed E-state index contributed by atoms with van der Waals surface area (Å²) in [5.41, 5.74) is 2.15. The second-order valence-electron chi connectivity index (χ2n) is 7.07. The first-order valence-corrected chi connectivity index (χ1v) is 10.2. The van der Waals surface area contributed by atoms with Gasteiger partial charge in [0.15, 0.2) is 16.6 Å². The Morgan fingerprint density at radius 3 is 2.55 bits per heavy atom. The Hall–Kier alpha value is -2.35. The summed E-state index contributed by atoms with van der Waals surface area (Å²) in [7, 11) is 3.29. The fourth-order valence-electron chi connectivity index (χ4n) is 3.65. The van der Waals surface area contributed by atoms with Gasteiger partial charge in [0, 0.05) is 44.5 Å². The number of anilines is 1. The Labute approximate surface area is 178 Å². The fourth-order valence-corrected chi connectivity index (χ4v) is 3.93. The van der Waals surface area contributed by atoms with E-state index in [9.17, 15) is 5.11 Å². The Balaban J connectivity index is 1.65. The first-order valence-electron chi connectivity index (χ1n) is 9.81. The molecule has 0 unspecified atom stereocenters. The van der Waals surface area contributed by atoms with E-state index in [1.807, 2.05) is 42.5 Å². The van der Waals surface area contributed by atoms with Gasteiger partial charge in [0.2, 0.25) is 0 Å². The van der Waals surface area contributed by atoms with E-state index in [1.165, 1.54) is 0 Å². The largest absolute Gasteiger partial charge is 0.493 e. The van der Waals surface area contributed by atoms with Gasteiger partial charge in [0.25, 0.3) is 0 Å². The molecule has 2 N–H and O–H groups in total. The number of thiocarbonyl (C=S) groups is 1. The molecule has 1 aliphatic rings. The monoisotopic (exact) mass is 415 g/mol.